The number of carboxylic acids is 1. The third kappa shape index (κ3) is 3.91. The molecular formula is C13H19N3O4. The Morgan fingerprint density at radius 2 is 1.95 bits per heavy atom. The van der Waals surface area contributed by atoms with Gasteiger partial charge in [-0.3, -0.25) is 9.59 Å². The number of aliphatic carboxylic acids is 1. The van der Waals surface area contributed by atoms with Crippen molar-refractivity contribution in [3.05, 3.63) is 17.8 Å². The van der Waals surface area contributed by atoms with Gasteiger partial charge in [-0.05, 0) is 18.9 Å². The number of carboxylic acid groups (broad SMARTS) is 1. The molecule has 0 atom stereocenters. The van der Waals surface area contributed by atoms with Gasteiger partial charge in [-0.15, -0.1) is 10.2 Å². The normalized spacial score (nSPS) is 10.9. The molecule has 20 heavy (non-hydrogen) atoms. The third-order valence-electron chi connectivity index (χ3n) is 3.30. The molecule has 0 spiro atoms. The van der Waals surface area contributed by atoms with E-state index < -0.39 is 17.4 Å². The molecule has 2 N–H and O–H groups in total. The summed E-state index contributed by atoms with van der Waals surface area (Å²) in [6, 6.07) is 3.01. The first-order valence-corrected chi connectivity index (χ1v) is 6.38. The first kappa shape index (κ1) is 15.9. The summed E-state index contributed by atoms with van der Waals surface area (Å²) < 4.78 is 4.86. The Kier molecular flexibility index (Phi) is 5.42. The minimum absolute atomic E-state index is 0.127. The molecule has 7 nitrogen and oxygen atoms in total. The van der Waals surface area contributed by atoms with Crippen molar-refractivity contribution in [2.45, 2.75) is 38.6 Å². The highest BCUT2D eigenvalue weighted by atomic mass is 16.5. The first-order valence-electron chi connectivity index (χ1n) is 6.38. The van der Waals surface area contributed by atoms with Gasteiger partial charge in [0, 0.05) is 6.07 Å². The lowest BCUT2D eigenvalue weighted by Gasteiger charge is -2.31. The lowest BCUT2D eigenvalue weighted by molar-refractivity contribution is -0.138. The predicted octanol–water partition coefficient (Wildman–Crippen LogP) is 1.25. The molecule has 110 valence electrons. The fourth-order valence-corrected chi connectivity index (χ4v) is 1.87. The van der Waals surface area contributed by atoms with Crippen LogP contribution >= 0.6 is 0 Å². The topological polar surface area (TPSA) is 101 Å². The van der Waals surface area contributed by atoms with E-state index in [4.69, 9.17) is 9.84 Å². The zero-order chi connectivity index (χ0) is 15.2. The highest BCUT2D eigenvalue weighted by Crippen LogP contribution is 2.20. The standard InChI is InChI=1S/C13H19N3O4/c1-4-13(5-2,8-11(17)18)14-12(19)9-6-7-10(20-3)16-15-9/h6-7H,4-5,8H2,1-3H3,(H,14,19)(H,17,18). The first-order chi connectivity index (χ1) is 9.46. The Morgan fingerprint density at radius 3 is 2.35 bits per heavy atom. The van der Waals surface area contributed by atoms with Crippen molar-refractivity contribution in [1.82, 2.24) is 15.5 Å². The van der Waals surface area contributed by atoms with Crippen LogP contribution in [-0.4, -0.2) is 39.8 Å². The molecule has 0 aromatic carbocycles. The van der Waals surface area contributed by atoms with Crippen molar-refractivity contribution in [3.63, 3.8) is 0 Å². The van der Waals surface area contributed by atoms with E-state index in [1.165, 1.54) is 19.2 Å². The maximum atomic E-state index is 12.1. The number of aromatic nitrogens is 2. The molecule has 1 rings (SSSR count). The number of hydrogen-bond acceptors (Lipinski definition) is 5. The van der Waals surface area contributed by atoms with Crippen LogP contribution < -0.4 is 10.1 Å². The van der Waals surface area contributed by atoms with Crippen LogP contribution in [0.15, 0.2) is 12.1 Å². The molecule has 0 aliphatic heterocycles. The molecule has 0 unspecified atom stereocenters. The quantitative estimate of drug-likeness (QED) is 0.780. The zero-order valence-corrected chi connectivity index (χ0v) is 11.8. The van der Waals surface area contributed by atoms with E-state index in [1.807, 2.05) is 13.8 Å². The predicted molar refractivity (Wildman–Crippen MR) is 71.6 cm³/mol. The highest BCUT2D eigenvalue weighted by molar-refractivity contribution is 5.93. The second kappa shape index (κ2) is 6.83. The maximum Gasteiger partial charge on any atom is 0.305 e. The molecule has 0 saturated heterocycles. The number of carbonyl (C=O) groups excluding carboxylic acids is 1. The number of rotatable bonds is 7. The van der Waals surface area contributed by atoms with Crippen molar-refractivity contribution in [3.8, 4) is 5.88 Å². The molecular weight excluding hydrogens is 262 g/mol. The Balaban J connectivity index is 2.86. The molecule has 0 saturated carbocycles. The molecule has 0 radical (unpaired) electrons. The van der Waals surface area contributed by atoms with E-state index in [0.717, 1.165) is 0 Å². The molecule has 0 bridgehead atoms. The number of methoxy groups -OCH3 is 1. The van der Waals surface area contributed by atoms with E-state index in [0.29, 0.717) is 18.7 Å². The monoisotopic (exact) mass is 281 g/mol. The van der Waals surface area contributed by atoms with Crippen LogP contribution in [0.1, 0.15) is 43.6 Å². The number of hydrogen-bond donors (Lipinski definition) is 2. The summed E-state index contributed by atoms with van der Waals surface area (Å²) in [5.74, 6) is -1.08. The van der Waals surface area contributed by atoms with Crippen molar-refractivity contribution in [1.29, 1.82) is 0 Å². The average molecular weight is 281 g/mol. The van der Waals surface area contributed by atoms with Gasteiger partial charge < -0.3 is 15.2 Å². The van der Waals surface area contributed by atoms with Crippen molar-refractivity contribution >= 4 is 11.9 Å². The van der Waals surface area contributed by atoms with Gasteiger partial charge in [0.15, 0.2) is 5.69 Å². The van der Waals surface area contributed by atoms with Gasteiger partial charge in [-0.25, -0.2) is 0 Å². The molecule has 7 heteroatoms. The molecule has 0 aliphatic carbocycles. The summed E-state index contributed by atoms with van der Waals surface area (Å²) in [6.07, 6.45) is 0.908. The van der Waals surface area contributed by atoms with Gasteiger partial charge in [0.2, 0.25) is 5.88 Å². The Hall–Kier alpha value is -2.18. The van der Waals surface area contributed by atoms with Crippen LogP contribution in [0.5, 0.6) is 5.88 Å². The Morgan fingerprint density at radius 1 is 1.30 bits per heavy atom. The van der Waals surface area contributed by atoms with Gasteiger partial charge in [-0.2, -0.15) is 0 Å². The van der Waals surface area contributed by atoms with Gasteiger partial charge >= 0.3 is 5.97 Å². The zero-order valence-electron chi connectivity index (χ0n) is 11.8. The fourth-order valence-electron chi connectivity index (χ4n) is 1.87. The summed E-state index contributed by atoms with van der Waals surface area (Å²) >= 11 is 0. The third-order valence-corrected chi connectivity index (χ3v) is 3.30. The Labute approximate surface area is 117 Å². The fraction of sp³-hybridized carbons (Fsp3) is 0.538. The van der Waals surface area contributed by atoms with Gasteiger partial charge in [0.25, 0.3) is 5.91 Å². The maximum absolute atomic E-state index is 12.1. The molecule has 0 aliphatic rings. The summed E-state index contributed by atoms with van der Waals surface area (Å²) in [4.78, 5) is 23.1. The van der Waals surface area contributed by atoms with Crippen LogP contribution in [0.25, 0.3) is 0 Å². The van der Waals surface area contributed by atoms with Crippen LogP contribution in [0.2, 0.25) is 0 Å². The molecule has 1 aromatic heterocycles. The smallest absolute Gasteiger partial charge is 0.305 e. The van der Waals surface area contributed by atoms with Crippen molar-refractivity contribution in [2.75, 3.05) is 7.11 Å². The van der Waals surface area contributed by atoms with Crippen LogP contribution in [0.3, 0.4) is 0 Å². The second-order valence-electron chi connectivity index (χ2n) is 4.47. The number of ether oxygens (including phenoxy) is 1. The summed E-state index contributed by atoms with van der Waals surface area (Å²) in [7, 11) is 1.45. The van der Waals surface area contributed by atoms with E-state index in [9.17, 15) is 9.59 Å². The molecule has 0 fully saturated rings. The van der Waals surface area contributed by atoms with Crippen molar-refractivity contribution < 1.29 is 19.4 Å². The van der Waals surface area contributed by atoms with Crippen molar-refractivity contribution in [2.24, 2.45) is 0 Å². The number of nitrogens with zero attached hydrogens (tertiary/aromatic N) is 2. The van der Waals surface area contributed by atoms with E-state index in [1.54, 1.807) is 0 Å². The van der Waals surface area contributed by atoms with Crippen LogP contribution in [-0.2, 0) is 4.79 Å². The van der Waals surface area contributed by atoms with Gasteiger partial charge in [0.05, 0.1) is 19.1 Å². The highest BCUT2D eigenvalue weighted by Gasteiger charge is 2.31. The van der Waals surface area contributed by atoms with Crippen LogP contribution in [0, 0.1) is 0 Å². The number of amides is 1. The van der Waals surface area contributed by atoms with E-state index >= 15 is 0 Å². The summed E-state index contributed by atoms with van der Waals surface area (Å²) in [5.41, 5.74) is -0.646. The second-order valence-corrected chi connectivity index (χ2v) is 4.47. The molecule has 1 heterocycles. The van der Waals surface area contributed by atoms with Gasteiger partial charge in [-0.1, -0.05) is 13.8 Å². The van der Waals surface area contributed by atoms with E-state index in [-0.39, 0.29) is 12.1 Å². The Bertz CT molecular complexity index is 469. The van der Waals surface area contributed by atoms with Crippen LogP contribution in [0.4, 0.5) is 0 Å². The minimum Gasteiger partial charge on any atom is -0.481 e. The molecule has 1 amide bonds. The summed E-state index contributed by atoms with van der Waals surface area (Å²) in [5, 5.41) is 19.2. The molecule has 1 aromatic rings. The lowest BCUT2D eigenvalue weighted by Crippen LogP contribution is -2.49. The summed E-state index contributed by atoms with van der Waals surface area (Å²) in [6.45, 7) is 3.68. The minimum atomic E-state index is -0.949. The van der Waals surface area contributed by atoms with E-state index in [2.05, 4.69) is 15.5 Å². The SMILES string of the molecule is CCC(CC)(CC(=O)O)NC(=O)c1ccc(OC)nn1. The van der Waals surface area contributed by atoms with Gasteiger partial charge in [0.1, 0.15) is 0 Å². The largest absolute Gasteiger partial charge is 0.481 e. The number of carbonyl (C=O) groups is 2. The lowest BCUT2D eigenvalue weighted by atomic mass is 9.89. The average Bonchev–Trinajstić information content (AvgIpc) is 2.46. The number of nitrogens with one attached hydrogen (secondary N) is 1.